The van der Waals surface area contributed by atoms with Gasteiger partial charge in [0.05, 0.1) is 0 Å². The van der Waals surface area contributed by atoms with Crippen LogP contribution in [0.2, 0.25) is 0 Å². The molecule has 0 bridgehead atoms. The van der Waals surface area contributed by atoms with Crippen LogP contribution < -0.4 is 0 Å². The number of carbonyl (C=O) groups excluding carboxylic acids is 2. The molecule has 1 saturated heterocycles. The largest absolute Gasteiger partial charge is 0.347 e. The quantitative estimate of drug-likeness (QED) is 0.625. The van der Waals surface area contributed by atoms with Crippen molar-refractivity contribution in [3.05, 3.63) is 71.7 Å². The first-order valence-electron chi connectivity index (χ1n) is 10.8. The lowest BCUT2D eigenvalue weighted by molar-refractivity contribution is -0.138. The number of hydrogen-bond acceptors (Lipinski definition) is 2. The van der Waals surface area contributed by atoms with Gasteiger partial charge in [0.1, 0.15) is 5.82 Å². The fraction of sp³-hybridized carbons (Fsp3) is 0.360. The van der Waals surface area contributed by atoms with Crippen LogP contribution in [0.25, 0.3) is 10.9 Å². The summed E-state index contributed by atoms with van der Waals surface area (Å²) in [6, 6.07) is 14.7. The molecule has 31 heavy (non-hydrogen) atoms. The van der Waals surface area contributed by atoms with Crippen molar-refractivity contribution >= 4 is 22.7 Å². The molecule has 1 fully saturated rings. The van der Waals surface area contributed by atoms with Crippen LogP contribution in [0.1, 0.15) is 37.3 Å². The van der Waals surface area contributed by atoms with Crippen molar-refractivity contribution in [2.75, 3.05) is 26.2 Å². The van der Waals surface area contributed by atoms with E-state index >= 15 is 0 Å². The summed E-state index contributed by atoms with van der Waals surface area (Å²) in [5.74, 6) is -0.351. The molecule has 0 radical (unpaired) electrons. The standard InChI is InChI=1S/C25H28FN3O2/c1-3-27-17-23(21-6-4-5-7-24(21)27)22(19-8-10-20(26)11-9-19)16-25(31)29-14-12-28(13-15-29)18(2)30/h4-11,17,22H,3,12-16H2,1-2H3. The summed E-state index contributed by atoms with van der Waals surface area (Å²) >= 11 is 0. The van der Waals surface area contributed by atoms with Crippen LogP contribution in [-0.2, 0) is 16.1 Å². The van der Waals surface area contributed by atoms with E-state index < -0.39 is 0 Å². The minimum atomic E-state index is -0.287. The van der Waals surface area contributed by atoms with Gasteiger partial charge >= 0.3 is 0 Å². The average molecular weight is 422 g/mol. The fourth-order valence-corrected chi connectivity index (χ4v) is 4.49. The van der Waals surface area contributed by atoms with E-state index in [0.29, 0.717) is 32.6 Å². The lowest BCUT2D eigenvalue weighted by Crippen LogP contribution is -2.50. The Morgan fingerprint density at radius 1 is 0.968 bits per heavy atom. The van der Waals surface area contributed by atoms with Crippen molar-refractivity contribution in [1.82, 2.24) is 14.4 Å². The molecular weight excluding hydrogens is 393 g/mol. The molecule has 2 amide bonds. The van der Waals surface area contributed by atoms with E-state index in [0.717, 1.165) is 28.6 Å². The van der Waals surface area contributed by atoms with Gasteiger partial charge in [0, 0.05) is 69.1 Å². The molecule has 6 heteroatoms. The molecule has 1 aliphatic rings. The number of piperazine rings is 1. The molecule has 162 valence electrons. The fourth-order valence-electron chi connectivity index (χ4n) is 4.49. The Morgan fingerprint density at radius 2 is 1.61 bits per heavy atom. The third-order valence-corrected chi connectivity index (χ3v) is 6.26. The maximum atomic E-state index is 13.6. The van der Waals surface area contributed by atoms with Gasteiger partial charge in [-0.3, -0.25) is 9.59 Å². The van der Waals surface area contributed by atoms with Crippen molar-refractivity contribution in [3.63, 3.8) is 0 Å². The Hall–Kier alpha value is -3.15. The highest BCUT2D eigenvalue weighted by Gasteiger charge is 2.27. The number of carbonyl (C=O) groups is 2. The van der Waals surface area contributed by atoms with Gasteiger partial charge < -0.3 is 14.4 Å². The molecule has 5 nitrogen and oxygen atoms in total. The molecule has 0 N–H and O–H groups in total. The zero-order valence-corrected chi connectivity index (χ0v) is 18.1. The molecule has 1 aliphatic heterocycles. The number of para-hydroxylation sites is 1. The second kappa shape index (κ2) is 8.92. The molecule has 1 unspecified atom stereocenters. The van der Waals surface area contributed by atoms with Crippen LogP contribution in [-0.4, -0.2) is 52.4 Å². The van der Waals surface area contributed by atoms with Crippen LogP contribution in [0.5, 0.6) is 0 Å². The molecule has 1 atom stereocenters. The molecule has 0 saturated carbocycles. The van der Waals surface area contributed by atoms with Crippen molar-refractivity contribution < 1.29 is 14.0 Å². The normalized spacial score (nSPS) is 15.3. The molecule has 2 aromatic carbocycles. The number of rotatable bonds is 5. The minimum absolute atomic E-state index is 0.0451. The van der Waals surface area contributed by atoms with E-state index in [1.807, 2.05) is 17.0 Å². The summed E-state index contributed by atoms with van der Waals surface area (Å²) in [7, 11) is 0. The van der Waals surface area contributed by atoms with Crippen LogP contribution in [0.3, 0.4) is 0 Å². The maximum absolute atomic E-state index is 13.6. The lowest BCUT2D eigenvalue weighted by Gasteiger charge is -2.35. The third kappa shape index (κ3) is 4.33. The average Bonchev–Trinajstić information content (AvgIpc) is 3.17. The summed E-state index contributed by atoms with van der Waals surface area (Å²) in [5.41, 5.74) is 3.14. The maximum Gasteiger partial charge on any atom is 0.223 e. The Kier molecular flexibility index (Phi) is 6.07. The van der Waals surface area contributed by atoms with Gasteiger partial charge in [0.25, 0.3) is 0 Å². The predicted molar refractivity (Wildman–Crippen MR) is 119 cm³/mol. The van der Waals surface area contributed by atoms with E-state index in [1.165, 1.54) is 12.1 Å². The van der Waals surface area contributed by atoms with Crippen LogP contribution >= 0.6 is 0 Å². The summed E-state index contributed by atoms with van der Waals surface area (Å²) in [6.07, 6.45) is 2.43. The molecule has 0 spiro atoms. The summed E-state index contributed by atoms with van der Waals surface area (Å²) in [4.78, 5) is 28.5. The number of benzene rings is 2. The summed E-state index contributed by atoms with van der Waals surface area (Å²) < 4.78 is 15.8. The number of aryl methyl sites for hydroxylation is 1. The first-order chi connectivity index (χ1) is 15.0. The van der Waals surface area contributed by atoms with Gasteiger partial charge in [-0.2, -0.15) is 0 Å². The predicted octanol–water partition coefficient (Wildman–Crippen LogP) is 4.01. The number of amides is 2. The molecule has 2 heterocycles. The van der Waals surface area contributed by atoms with Gasteiger partial charge in [-0.15, -0.1) is 0 Å². The van der Waals surface area contributed by atoms with Crippen LogP contribution in [0, 0.1) is 5.82 Å². The van der Waals surface area contributed by atoms with E-state index in [4.69, 9.17) is 0 Å². The highest BCUT2D eigenvalue weighted by Crippen LogP contribution is 2.35. The van der Waals surface area contributed by atoms with Crippen molar-refractivity contribution in [3.8, 4) is 0 Å². The molecule has 4 rings (SSSR count). The first kappa shape index (κ1) is 21.1. The van der Waals surface area contributed by atoms with Crippen molar-refractivity contribution in [1.29, 1.82) is 0 Å². The van der Waals surface area contributed by atoms with Crippen LogP contribution in [0.15, 0.2) is 54.7 Å². The van der Waals surface area contributed by atoms with E-state index in [-0.39, 0.29) is 23.5 Å². The molecule has 1 aromatic heterocycles. The summed E-state index contributed by atoms with van der Waals surface area (Å²) in [5, 5.41) is 1.12. The first-order valence-corrected chi connectivity index (χ1v) is 10.8. The Bertz CT molecular complexity index is 1080. The number of aromatic nitrogens is 1. The van der Waals surface area contributed by atoms with E-state index in [1.54, 1.807) is 24.0 Å². The third-order valence-electron chi connectivity index (χ3n) is 6.26. The Labute approximate surface area is 182 Å². The topological polar surface area (TPSA) is 45.6 Å². The second-order valence-corrected chi connectivity index (χ2v) is 8.08. The SMILES string of the molecule is CCn1cc(C(CC(=O)N2CCN(C(C)=O)CC2)c2ccc(F)cc2)c2ccccc21. The second-order valence-electron chi connectivity index (χ2n) is 8.08. The molecule has 0 aliphatic carbocycles. The minimum Gasteiger partial charge on any atom is -0.347 e. The lowest BCUT2D eigenvalue weighted by atomic mass is 9.87. The highest BCUT2D eigenvalue weighted by molar-refractivity contribution is 5.87. The zero-order valence-electron chi connectivity index (χ0n) is 18.1. The van der Waals surface area contributed by atoms with Crippen molar-refractivity contribution in [2.24, 2.45) is 0 Å². The molecular formula is C25H28FN3O2. The summed E-state index contributed by atoms with van der Waals surface area (Å²) in [6.45, 7) is 6.72. The molecule has 3 aromatic rings. The number of nitrogens with zero attached hydrogens (tertiary/aromatic N) is 3. The monoisotopic (exact) mass is 421 g/mol. The smallest absolute Gasteiger partial charge is 0.223 e. The Morgan fingerprint density at radius 3 is 2.26 bits per heavy atom. The van der Waals surface area contributed by atoms with Gasteiger partial charge in [-0.05, 0) is 36.2 Å². The zero-order chi connectivity index (χ0) is 22.0. The van der Waals surface area contributed by atoms with Crippen molar-refractivity contribution in [2.45, 2.75) is 32.7 Å². The van der Waals surface area contributed by atoms with E-state index in [2.05, 4.69) is 29.8 Å². The Balaban J connectivity index is 1.66. The number of fused-ring (bicyclic) bond motifs is 1. The van der Waals surface area contributed by atoms with Gasteiger partial charge in [-0.1, -0.05) is 30.3 Å². The number of hydrogen-bond donors (Lipinski definition) is 0. The highest BCUT2D eigenvalue weighted by atomic mass is 19.1. The van der Waals surface area contributed by atoms with Crippen LogP contribution in [0.4, 0.5) is 4.39 Å². The van der Waals surface area contributed by atoms with Gasteiger partial charge in [-0.25, -0.2) is 4.39 Å². The van der Waals surface area contributed by atoms with Gasteiger partial charge in [0.15, 0.2) is 0 Å². The van der Waals surface area contributed by atoms with Gasteiger partial charge in [0.2, 0.25) is 11.8 Å². The van der Waals surface area contributed by atoms with E-state index in [9.17, 15) is 14.0 Å². The number of halogens is 1.